The first-order valence-corrected chi connectivity index (χ1v) is 10.6. The molecule has 0 radical (unpaired) electrons. The maximum absolute atomic E-state index is 11.8. The van der Waals surface area contributed by atoms with Gasteiger partial charge >= 0.3 is 11.9 Å². The molecule has 0 N–H and O–H groups in total. The summed E-state index contributed by atoms with van der Waals surface area (Å²) in [6.07, 6.45) is 0. The van der Waals surface area contributed by atoms with Gasteiger partial charge in [0.25, 0.3) is 0 Å². The second kappa shape index (κ2) is 9.53. The zero-order chi connectivity index (χ0) is 23.4. The molecule has 0 saturated heterocycles. The highest BCUT2D eigenvalue weighted by Gasteiger charge is 2.11. The van der Waals surface area contributed by atoms with Crippen molar-refractivity contribution in [2.45, 2.75) is 6.92 Å². The first-order valence-electron chi connectivity index (χ1n) is 10.6. The minimum absolute atomic E-state index is 0.360. The third kappa shape index (κ3) is 4.85. The number of methoxy groups -OCH3 is 2. The van der Waals surface area contributed by atoms with Gasteiger partial charge in [-0.1, -0.05) is 54.1 Å². The maximum Gasteiger partial charge on any atom is 0.337 e. The summed E-state index contributed by atoms with van der Waals surface area (Å²) in [6, 6.07) is 29.6. The van der Waals surface area contributed by atoms with E-state index in [-0.39, 0.29) is 11.9 Å². The van der Waals surface area contributed by atoms with E-state index in [0.29, 0.717) is 11.1 Å². The Morgan fingerprint density at radius 3 is 1.09 bits per heavy atom. The average Bonchev–Trinajstić information content (AvgIpc) is 2.88. The fourth-order valence-corrected chi connectivity index (χ4v) is 3.71. The van der Waals surface area contributed by atoms with Gasteiger partial charge in [-0.05, 0) is 82.8 Å². The minimum atomic E-state index is -0.360. The third-order valence-corrected chi connectivity index (χ3v) is 5.60. The SMILES string of the molecule is COC(=O)c1ccc(-c2cc(-c3ccc(C)cc3)cc(-c3ccc(C(=O)OC)cc3)c2)cc1. The summed E-state index contributed by atoms with van der Waals surface area (Å²) >= 11 is 0. The van der Waals surface area contributed by atoms with Gasteiger partial charge in [0.2, 0.25) is 0 Å². The zero-order valence-corrected chi connectivity index (χ0v) is 18.8. The summed E-state index contributed by atoms with van der Waals surface area (Å²) in [5.41, 5.74) is 8.44. The van der Waals surface area contributed by atoms with Crippen molar-refractivity contribution in [2.24, 2.45) is 0 Å². The molecule has 0 unspecified atom stereocenters. The van der Waals surface area contributed by atoms with Gasteiger partial charge in [-0.3, -0.25) is 0 Å². The Morgan fingerprint density at radius 1 is 0.485 bits per heavy atom. The van der Waals surface area contributed by atoms with Crippen LogP contribution < -0.4 is 0 Å². The Balaban J connectivity index is 1.81. The predicted octanol–water partition coefficient (Wildman–Crippen LogP) is 6.57. The minimum Gasteiger partial charge on any atom is -0.465 e. The number of rotatable bonds is 5. The lowest BCUT2D eigenvalue weighted by Gasteiger charge is -2.12. The van der Waals surface area contributed by atoms with Crippen LogP contribution >= 0.6 is 0 Å². The Hall–Kier alpha value is -4.18. The lowest BCUT2D eigenvalue weighted by molar-refractivity contribution is 0.0592. The number of hydrogen-bond donors (Lipinski definition) is 0. The highest BCUT2D eigenvalue weighted by atomic mass is 16.5. The van der Waals surface area contributed by atoms with Crippen LogP contribution in [0, 0.1) is 6.92 Å². The van der Waals surface area contributed by atoms with Crippen molar-refractivity contribution in [3.8, 4) is 33.4 Å². The van der Waals surface area contributed by atoms with Crippen LogP contribution in [0.3, 0.4) is 0 Å². The quantitative estimate of drug-likeness (QED) is 0.332. The van der Waals surface area contributed by atoms with E-state index < -0.39 is 0 Å². The highest BCUT2D eigenvalue weighted by molar-refractivity contribution is 5.91. The molecule has 0 bridgehead atoms. The molecule has 4 nitrogen and oxygen atoms in total. The summed E-state index contributed by atoms with van der Waals surface area (Å²) in [6.45, 7) is 2.07. The van der Waals surface area contributed by atoms with Gasteiger partial charge in [-0.15, -0.1) is 0 Å². The molecule has 0 aliphatic heterocycles. The number of esters is 2. The van der Waals surface area contributed by atoms with Crippen molar-refractivity contribution in [1.29, 1.82) is 0 Å². The predicted molar refractivity (Wildman–Crippen MR) is 130 cm³/mol. The molecule has 4 aromatic rings. The molecule has 0 aliphatic carbocycles. The number of carbonyl (C=O) groups is 2. The summed E-state index contributed by atoms with van der Waals surface area (Å²) in [4.78, 5) is 23.6. The fourth-order valence-electron chi connectivity index (χ4n) is 3.71. The molecule has 0 fully saturated rings. The smallest absolute Gasteiger partial charge is 0.337 e. The van der Waals surface area contributed by atoms with Crippen molar-refractivity contribution in [3.63, 3.8) is 0 Å². The van der Waals surface area contributed by atoms with Crippen LogP contribution in [0.5, 0.6) is 0 Å². The molecule has 4 aromatic carbocycles. The average molecular weight is 437 g/mol. The number of hydrogen-bond acceptors (Lipinski definition) is 4. The molecule has 0 heterocycles. The Bertz CT molecular complexity index is 1210. The van der Waals surface area contributed by atoms with Crippen LogP contribution in [0.15, 0.2) is 91.0 Å². The Labute approximate surface area is 193 Å². The van der Waals surface area contributed by atoms with E-state index in [2.05, 4.69) is 49.4 Å². The monoisotopic (exact) mass is 436 g/mol. The fraction of sp³-hybridized carbons (Fsp3) is 0.103. The molecule has 0 atom stereocenters. The number of benzene rings is 4. The van der Waals surface area contributed by atoms with Crippen LogP contribution in [0.25, 0.3) is 33.4 Å². The molecule has 4 heteroatoms. The van der Waals surface area contributed by atoms with Gasteiger partial charge in [-0.25, -0.2) is 9.59 Å². The first-order chi connectivity index (χ1) is 16.0. The molecule has 4 rings (SSSR count). The van der Waals surface area contributed by atoms with E-state index in [0.717, 1.165) is 33.4 Å². The second-order valence-electron chi connectivity index (χ2n) is 7.80. The van der Waals surface area contributed by atoms with E-state index >= 15 is 0 Å². The molecule has 164 valence electrons. The summed E-state index contributed by atoms with van der Waals surface area (Å²) in [5, 5.41) is 0. The Kier molecular flexibility index (Phi) is 6.36. The van der Waals surface area contributed by atoms with Crippen molar-refractivity contribution < 1.29 is 19.1 Å². The van der Waals surface area contributed by atoms with E-state index in [4.69, 9.17) is 9.47 Å². The maximum atomic E-state index is 11.8. The highest BCUT2D eigenvalue weighted by Crippen LogP contribution is 2.33. The standard InChI is InChI=1S/C29H24O4/c1-19-4-6-20(7-5-19)25-16-26(21-8-12-23(13-9-21)28(30)32-2)18-27(17-25)22-10-14-24(15-11-22)29(31)33-3/h4-18H,1-3H3. The molecular formula is C29H24O4. The number of aryl methyl sites for hydroxylation is 1. The second-order valence-corrected chi connectivity index (χ2v) is 7.80. The molecule has 0 amide bonds. The molecule has 0 saturated carbocycles. The molecule has 0 aliphatic rings. The number of ether oxygens (including phenoxy) is 2. The summed E-state index contributed by atoms with van der Waals surface area (Å²) < 4.78 is 9.62. The van der Waals surface area contributed by atoms with E-state index in [1.165, 1.54) is 19.8 Å². The normalized spacial score (nSPS) is 10.5. The van der Waals surface area contributed by atoms with Gasteiger partial charge in [0.05, 0.1) is 25.3 Å². The molecule has 33 heavy (non-hydrogen) atoms. The van der Waals surface area contributed by atoms with E-state index in [9.17, 15) is 9.59 Å². The topological polar surface area (TPSA) is 52.6 Å². The van der Waals surface area contributed by atoms with Gasteiger partial charge in [0.15, 0.2) is 0 Å². The van der Waals surface area contributed by atoms with Crippen molar-refractivity contribution in [3.05, 3.63) is 108 Å². The zero-order valence-electron chi connectivity index (χ0n) is 18.8. The lowest BCUT2D eigenvalue weighted by atomic mass is 9.92. The van der Waals surface area contributed by atoms with Gasteiger partial charge in [0.1, 0.15) is 0 Å². The van der Waals surface area contributed by atoms with E-state index in [1.807, 2.05) is 24.3 Å². The third-order valence-electron chi connectivity index (χ3n) is 5.60. The van der Waals surface area contributed by atoms with Crippen LogP contribution in [-0.2, 0) is 9.47 Å². The van der Waals surface area contributed by atoms with Gasteiger partial charge in [-0.2, -0.15) is 0 Å². The molecule has 0 aromatic heterocycles. The van der Waals surface area contributed by atoms with Crippen LogP contribution in [-0.4, -0.2) is 26.2 Å². The van der Waals surface area contributed by atoms with Gasteiger partial charge < -0.3 is 9.47 Å². The van der Waals surface area contributed by atoms with Crippen LogP contribution in [0.2, 0.25) is 0 Å². The van der Waals surface area contributed by atoms with Gasteiger partial charge in [0, 0.05) is 0 Å². The van der Waals surface area contributed by atoms with Crippen LogP contribution in [0.4, 0.5) is 0 Å². The lowest BCUT2D eigenvalue weighted by Crippen LogP contribution is -2.00. The summed E-state index contributed by atoms with van der Waals surface area (Å²) in [7, 11) is 2.75. The summed E-state index contributed by atoms with van der Waals surface area (Å²) in [5.74, 6) is -0.720. The van der Waals surface area contributed by atoms with E-state index in [1.54, 1.807) is 24.3 Å². The Morgan fingerprint density at radius 2 is 0.788 bits per heavy atom. The number of carbonyl (C=O) groups excluding carboxylic acids is 2. The van der Waals surface area contributed by atoms with Crippen molar-refractivity contribution >= 4 is 11.9 Å². The largest absolute Gasteiger partial charge is 0.465 e. The van der Waals surface area contributed by atoms with Crippen molar-refractivity contribution in [2.75, 3.05) is 14.2 Å². The molecule has 0 spiro atoms. The molecular weight excluding hydrogens is 412 g/mol. The van der Waals surface area contributed by atoms with Crippen LogP contribution in [0.1, 0.15) is 26.3 Å². The first kappa shape index (κ1) is 22.0. The van der Waals surface area contributed by atoms with Crippen molar-refractivity contribution in [1.82, 2.24) is 0 Å².